The molecule has 0 radical (unpaired) electrons. The van der Waals surface area contributed by atoms with E-state index in [1.54, 1.807) is 0 Å². The Morgan fingerprint density at radius 3 is 2.46 bits per heavy atom. The minimum absolute atomic E-state index is 0.00169. The van der Waals surface area contributed by atoms with Crippen LogP contribution in [0.3, 0.4) is 0 Å². The van der Waals surface area contributed by atoms with Gasteiger partial charge in [-0.2, -0.15) is 0 Å². The standard InChI is InChI=1S/C41H39N3O2/c1-25-19-27(39-43-34-22-26-11-7-8-12-31(26)38(34)46-39)21-30(20-25)45-29-15-16-33-36(24-29)44(35-14-10-9-13-32(35)41(33,5)6)37-23-28(17-18-42-37)40(2,3)4/h7-21,23-24,34,38H,22H2,1-6H3/t34-,38+/m1/s1. The van der Waals surface area contributed by atoms with Crippen LogP contribution in [-0.4, -0.2) is 16.9 Å². The third-order valence-electron chi connectivity index (χ3n) is 9.74. The van der Waals surface area contributed by atoms with Crippen molar-refractivity contribution in [3.63, 3.8) is 0 Å². The Bertz CT molecular complexity index is 2040. The van der Waals surface area contributed by atoms with Crippen LogP contribution in [-0.2, 0) is 22.0 Å². The number of anilines is 3. The van der Waals surface area contributed by atoms with E-state index in [-0.39, 0.29) is 23.0 Å². The maximum atomic E-state index is 6.64. The number of pyridine rings is 1. The minimum atomic E-state index is -0.201. The highest BCUT2D eigenvalue weighted by Gasteiger charge is 2.40. The van der Waals surface area contributed by atoms with Gasteiger partial charge in [-0.1, -0.05) is 83.1 Å². The highest BCUT2D eigenvalue weighted by molar-refractivity contribution is 5.96. The van der Waals surface area contributed by atoms with Gasteiger partial charge in [0, 0.05) is 23.2 Å². The van der Waals surface area contributed by atoms with Crippen molar-refractivity contribution in [3.05, 3.63) is 142 Å². The van der Waals surface area contributed by atoms with Gasteiger partial charge in [-0.25, -0.2) is 9.98 Å². The van der Waals surface area contributed by atoms with Crippen molar-refractivity contribution < 1.29 is 9.47 Å². The van der Waals surface area contributed by atoms with E-state index in [2.05, 4.69) is 137 Å². The van der Waals surface area contributed by atoms with Gasteiger partial charge >= 0.3 is 0 Å². The fourth-order valence-electron chi connectivity index (χ4n) is 7.32. The largest absolute Gasteiger partial charge is 0.467 e. The Balaban J connectivity index is 1.16. The molecule has 46 heavy (non-hydrogen) atoms. The first-order valence-electron chi connectivity index (χ1n) is 16.2. The number of fused-ring (bicyclic) bond motifs is 5. The van der Waals surface area contributed by atoms with Crippen LogP contribution in [0.1, 0.15) is 79.7 Å². The number of benzene rings is 4. The van der Waals surface area contributed by atoms with Crippen molar-refractivity contribution in [2.75, 3.05) is 4.90 Å². The molecule has 0 spiro atoms. The molecule has 5 heteroatoms. The fourth-order valence-corrected chi connectivity index (χ4v) is 7.32. The highest BCUT2D eigenvalue weighted by Crippen LogP contribution is 2.52. The van der Waals surface area contributed by atoms with Gasteiger partial charge in [0.1, 0.15) is 23.4 Å². The van der Waals surface area contributed by atoms with Gasteiger partial charge in [-0.3, -0.25) is 4.90 Å². The van der Waals surface area contributed by atoms with Crippen molar-refractivity contribution in [1.29, 1.82) is 0 Å². The third-order valence-corrected chi connectivity index (χ3v) is 9.74. The van der Waals surface area contributed by atoms with Crippen LogP contribution in [0.4, 0.5) is 17.2 Å². The van der Waals surface area contributed by atoms with Crippen molar-refractivity contribution in [2.24, 2.45) is 4.99 Å². The summed E-state index contributed by atoms with van der Waals surface area (Å²) in [7, 11) is 0. The number of aliphatic imine (C=N–C) groups is 1. The summed E-state index contributed by atoms with van der Waals surface area (Å²) in [6.07, 6.45) is 2.82. The molecular formula is C41H39N3O2. The number of hydrogen-bond acceptors (Lipinski definition) is 5. The average Bonchev–Trinajstić information content (AvgIpc) is 3.59. The molecule has 3 heterocycles. The van der Waals surface area contributed by atoms with Crippen LogP contribution in [0.15, 0.2) is 108 Å². The molecule has 2 atom stereocenters. The zero-order valence-electron chi connectivity index (χ0n) is 27.3. The van der Waals surface area contributed by atoms with Gasteiger partial charge in [0.2, 0.25) is 5.90 Å². The first-order chi connectivity index (χ1) is 22.1. The van der Waals surface area contributed by atoms with Crippen LogP contribution >= 0.6 is 0 Å². The Hall–Kier alpha value is -4.90. The van der Waals surface area contributed by atoms with Crippen LogP contribution in [0.25, 0.3) is 0 Å². The lowest BCUT2D eigenvalue weighted by Gasteiger charge is -2.41. The lowest BCUT2D eigenvalue weighted by Crippen LogP contribution is -2.31. The number of para-hydroxylation sites is 1. The second kappa shape index (κ2) is 10.3. The van der Waals surface area contributed by atoms with E-state index in [9.17, 15) is 0 Å². The number of rotatable bonds is 4. The van der Waals surface area contributed by atoms with E-state index in [1.807, 2.05) is 12.3 Å². The minimum Gasteiger partial charge on any atom is -0.467 e. The Morgan fingerprint density at radius 2 is 1.61 bits per heavy atom. The molecule has 4 aromatic carbocycles. The zero-order valence-corrected chi connectivity index (χ0v) is 27.3. The van der Waals surface area contributed by atoms with E-state index in [0.29, 0.717) is 5.90 Å². The van der Waals surface area contributed by atoms with Gasteiger partial charge in [0.25, 0.3) is 0 Å². The molecule has 0 unspecified atom stereocenters. The van der Waals surface area contributed by atoms with Gasteiger partial charge in [0.15, 0.2) is 0 Å². The summed E-state index contributed by atoms with van der Waals surface area (Å²) in [5.74, 6) is 3.11. The molecule has 8 rings (SSSR count). The summed E-state index contributed by atoms with van der Waals surface area (Å²) >= 11 is 0. The second-order valence-electron chi connectivity index (χ2n) is 14.4. The molecule has 1 aliphatic carbocycles. The number of aromatic nitrogens is 1. The number of ether oxygens (including phenoxy) is 2. The van der Waals surface area contributed by atoms with Crippen molar-refractivity contribution in [1.82, 2.24) is 4.98 Å². The summed E-state index contributed by atoms with van der Waals surface area (Å²) in [6, 6.07) is 34.3. The summed E-state index contributed by atoms with van der Waals surface area (Å²) in [5.41, 5.74) is 10.4. The lowest BCUT2D eigenvalue weighted by atomic mass is 9.73. The SMILES string of the molecule is Cc1cc(Oc2ccc3c(c2)N(c2cc(C(C)(C)C)ccn2)c2ccccc2C3(C)C)cc(C2=N[C@@H]3Cc4ccccc4[C@@H]3O2)c1. The van der Waals surface area contributed by atoms with Gasteiger partial charge in [0.05, 0.1) is 17.4 Å². The molecule has 0 N–H and O–H groups in total. The van der Waals surface area contributed by atoms with Crippen LogP contribution < -0.4 is 9.64 Å². The van der Waals surface area contributed by atoms with E-state index in [1.165, 1.54) is 27.8 Å². The first-order valence-corrected chi connectivity index (χ1v) is 16.2. The van der Waals surface area contributed by atoms with E-state index in [0.717, 1.165) is 46.2 Å². The van der Waals surface area contributed by atoms with Gasteiger partial charge in [-0.15, -0.1) is 0 Å². The maximum absolute atomic E-state index is 6.64. The number of aryl methyl sites for hydroxylation is 1. The highest BCUT2D eigenvalue weighted by atomic mass is 16.5. The summed E-state index contributed by atoms with van der Waals surface area (Å²) in [5, 5.41) is 0. The molecule has 0 saturated heterocycles. The van der Waals surface area contributed by atoms with Gasteiger partial charge in [-0.05, 0) is 94.6 Å². The van der Waals surface area contributed by atoms with E-state index >= 15 is 0 Å². The normalized spacial score (nSPS) is 19.0. The summed E-state index contributed by atoms with van der Waals surface area (Å²) in [6.45, 7) is 13.4. The number of nitrogens with zero attached hydrogens (tertiary/aromatic N) is 3. The molecule has 0 bridgehead atoms. The quantitative estimate of drug-likeness (QED) is 0.205. The molecule has 0 fully saturated rings. The molecule has 2 aliphatic heterocycles. The van der Waals surface area contributed by atoms with Crippen LogP contribution in [0, 0.1) is 6.92 Å². The Labute approximate surface area is 271 Å². The lowest BCUT2D eigenvalue weighted by molar-refractivity contribution is 0.209. The van der Waals surface area contributed by atoms with Crippen molar-refractivity contribution >= 4 is 23.1 Å². The number of hydrogen-bond donors (Lipinski definition) is 0. The first kappa shape index (κ1) is 28.6. The van der Waals surface area contributed by atoms with Crippen molar-refractivity contribution in [2.45, 2.75) is 70.9 Å². The fraction of sp³-hybridized carbons (Fsp3) is 0.268. The molecule has 0 amide bonds. The van der Waals surface area contributed by atoms with Crippen molar-refractivity contribution in [3.8, 4) is 11.5 Å². The summed E-state index contributed by atoms with van der Waals surface area (Å²) < 4.78 is 13.1. The Morgan fingerprint density at radius 1 is 0.826 bits per heavy atom. The third kappa shape index (κ3) is 4.68. The van der Waals surface area contributed by atoms with E-state index in [4.69, 9.17) is 19.5 Å². The molecule has 3 aliphatic rings. The van der Waals surface area contributed by atoms with E-state index < -0.39 is 0 Å². The van der Waals surface area contributed by atoms with Crippen LogP contribution in [0.2, 0.25) is 0 Å². The van der Waals surface area contributed by atoms with Gasteiger partial charge < -0.3 is 9.47 Å². The summed E-state index contributed by atoms with van der Waals surface area (Å²) in [4.78, 5) is 12.2. The second-order valence-corrected chi connectivity index (χ2v) is 14.4. The molecule has 5 aromatic rings. The molecular weight excluding hydrogens is 566 g/mol. The molecule has 5 nitrogen and oxygen atoms in total. The smallest absolute Gasteiger partial charge is 0.217 e. The molecule has 230 valence electrons. The average molecular weight is 606 g/mol. The zero-order chi connectivity index (χ0) is 31.8. The topological polar surface area (TPSA) is 47.0 Å². The Kier molecular flexibility index (Phi) is 6.40. The predicted octanol–water partition coefficient (Wildman–Crippen LogP) is 10.0. The maximum Gasteiger partial charge on any atom is 0.217 e. The molecule has 1 aromatic heterocycles. The monoisotopic (exact) mass is 605 g/mol. The predicted molar refractivity (Wildman–Crippen MR) is 185 cm³/mol. The van der Waals surface area contributed by atoms with Crippen LogP contribution in [0.5, 0.6) is 11.5 Å². The molecule has 0 saturated carbocycles.